The minimum absolute atomic E-state index is 0.232. The Labute approximate surface area is 122 Å². The van der Waals surface area contributed by atoms with Crippen LogP contribution in [0.3, 0.4) is 0 Å². The van der Waals surface area contributed by atoms with Crippen LogP contribution in [0.25, 0.3) is 0 Å². The third kappa shape index (κ3) is 4.06. The molecule has 0 saturated heterocycles. The van der Waals surface area contributed by atoms with Crippen LogP contribution in [0, 0.1) is 0 Å². The average Bonchev–Trinajstić information content (AvgIpc) is 2.91. The van der Waals surface area contributed by atoms with Crippen molar-refractivity contribution in [2.24, 2.45) is 0 Å². The van der Waals surface area contributed by atoms with E-state index >= 15 is 0 Å². The molecule has 2 aromatic rings. The summed E-state index contributed by atoms with van der Waals surface area (Å²) in [6.45, 7) is 4.84. The molecule has 1 unspecified atom stereocenters. The Morgan fingerprint density at radius 3 is 2.75 bits per heavy atom. The molecule has 0 spiro atoms. The Morgan fingerprint density at radius 1 is 1.30 bits per heavy atom. The lowest BCUT2D eigenvalue weighted by Gasteiger charge is -2.14. The molecule has 0 aromatic carbocycles. The van der Waals surface area contributed by atoms with Gasteiger partial charge >= 0.3 is 6.01 Å². The summed E-state index contributed by atoms with van der Waals surface area (Å²) in [4.78, 5) is 14.0. The topological polar surface area (TPSA) is 72.0 Å². The van der Waals surface area contributed by atoms with Crippen LogP contribution >= 0.6 is 11.3 Å². The summed E-state index contributed by atoms with van der Waals surface area (Å²) in [5.74, 6) is 1.04. The Balaban J connectivity index is 2.05. The van der Waals surface area contributed by atoms with E-state index in [9.17, 15) is 0 Å². The molecular weight excluding hydrogens is 274 g/mol. The third-order valence-electron chi connectivity index (χ3n) is 2.60. The first kappa shape index (κ1) is 14.5. The van der Waals surface area contributed by atoms with Gasteiger partial charge in [0, 0.05) is 23.9 Å². The number of hydrogen-bond acceptors (Lipinski definition) is 7. The molecule has 6 nitrogen and oxygen atoms in total. The lowest BCUT2D eigenvalue weighted by Crippen LogP contribution is -2.20. The van der Waals surface area contributed by atoms with Crippen LogP contribution in [0.15, 0.2) is 17.5 Å². The molecule has 0 bridgehead atoms. The summed E-state index contributed by atoms with van der Waals surface area (Å²) >= 11 is 1.75. The van der Waals surface area contributed by atoms with Gasteiger partial charge < -0.3 is 15.4 Å². The Hall–Kier alpha value is -1.89. The van der Waals surface area contributed by atoms with Crippen molar-refractivity contribution in [3.8, 4) is 6.01 Å². The van der Waals surface area contributed by atoms with Gasteiger partial charge in [-0.15, -0.1) is 11.3 Å². The zero-order chi connectivity index (χ0) is 14.4. The number of anilines is 2. The molecule has 2 aromatic heterocycles. The van der Waals surface area contributed by atoms with Crippen molar-refractivity contribution in [3.63, 3.8) is 0 Å². The highest BCUT2D eigenvalue weighted by molar-refractivity contribution is 7.09. The maximum absolute atomic E-state index is 5.09. The fourth-order valence-electron chi connectivity index (χ4n) is 1.75. The lowest BCUT2D eigenvalue weighted by molar-refractivity contribution is 0.379. The first-order valence-electron chi connectivity index (χ1n) is 6.54. The predicted molar refractivity (Wildman–Crippen MR) is 81.7 cm³/mol. The minimum atomic E-state index is 0.232. The molecule has 1 atom stereocenters. The summed E-state index contributed by atoms with van der Waals surface area (Å²) < 4.78 is 5.09. The van der Waals surface area contributed by atoms with E-state index in [2.05, 4.69) is 50.0 Å². The van der Waals surface area contributed by atoms with E-state index < -0.39 is 0 Å². The van der Waals surface area contributed by atoms with E-state index in [1.807, 2.05) is 6.92 Å². The maximum Gasteiger partial charge on any atom is 0.322 e. The number of rotatable bonds is 7. The van der Waals surface area contributed by atoms with Crippen LogP contribution < -0.4 is 15.4 Å². The Bertz CT molecular complexity index is 532. The van der Waals surface area contributed by atoms with Gasteiger partial charge in [0.05, 0.1) is 7.11 Å². The number of methoxy groups -OCH3 is 1. The van der Waals surface area contributed by atoms with Crippen molar-refractivity contribution in [1.29, 1.82) is 0 Å². The van der Waals surface area contributed by atoms with E-state index in [0.29, 0.717) is 17.9 Å². The summed E-state index contributed by atoms with van der Waals surface area (Å²) in [5, 5.41) is 8.42. The number of hydrogen-bond donors (Lipinski definition) is 2. The largest absolute Gasteiger partial charge is 0.467 e. The van der Waals surface area contributed by atoms with Crippen molar-refractivity contribution in [2.45, 2.75) is 26.3 Å². The average molecular weight is 293 g/mol. The van der Waals surface area contributed by atoms with Gasteiger partial charge in [-0.05, 0) is 25.3 Å². The zero-order valence-corrected chi connectivity index (χ0v) is 12.7. The van der Waals surface area contributed by atoms with Crippen molar-refractivity contribution in [3.05, 3.63) is 22.4 Å². The van der Waals surface area contributed by atoms with E-state index in [1.165, 1.54) is 4.88 Å². The molecule has 0 aliphatic carbocycles. The third-order valence-corrected chi connectivity index (χ3v) is 3.49. The van der Waals surface area contributed by atoms with Gasteiger partial charge in [0.25, 0.3) is 0 Å². The zero-order valence-electron chi connectivity index (χ0n) is 11.9. The molecule has 2 heterocycles. The molecule has 0 radical (unpaired) electrons. The normalized spacial score (nSPS) is 11.9. The minimum Gasteiger partial charge on any atom is -0.467 e. The number of ether oxygens (including phenoxy) is 1. The van der Waals surface area contributed by atoms with Crippen molar-refractivity contribution < 1.29 is 4.74 Å². The van der Waals surface area contributed by atoms with Gasteiger partial charge in [0.15, 0.2) is 0 Å². The van der Waals surface area contributed by atoms with E-state index in [0.717, 1.165) is 13.0 Å². The van der Waals surface area contributed by atoms with Gasteiger partial charge in [0.2, 0.25) is 11.9 Å². The monoisotopic (exact) mass is 293 g/mol. The van der Waals surface area contributed by atoms with Crippen LogP contribution in [-0.4, -0.2) is 34.6 Å². The smallest absolute Gasteiger partial charge is 0.322 e. The van der Waals surface area contributed by atoms with Crippen molar-refractivity contribution in [1.82, 2.24) is 15.0 Å². The van der Waals surface area contributed by atoms with Gasteiger partial charge in [0.1, 0.15) is 0 Å². The molecule has 0 fully saturated rings. The van der Waals surface area contributed by atoms with Gasteiger partial charge in [-0.25, -0.2) is 0 Å². The molecule has 2 N–H and O–H groups in total. The standard InChI is InChI=1S/C13H19N5OS/c1-4-14-11-16-12(18-13(17-11)19-3)15-9(2)8-10-6-5-7-20-10/h5-7,9H,4,8H2,1-3H3,(H2,14,15,16,17,18). The highest BCUT2D eigenvalue weighted by Gasteiger charge is 2.10. The van der Waals surface area contributed by atoms with Crippen LogP contribution in [0.4, 0.5) is 11.9 Å². The fraction of sp³-hybridized carbons (Fsp3) is 0.462. The molecule has 0 amide bonds. The highest BCUT2D eigenvalue weighted by atomic mass is 32.1. The van der Waals surface area contributed by atoms with Crippen LogP contribution in [0.2, 0.25) is 0 Å². The number of thiophene rings is 1. The second-order valence-corrected chi connectivity index (χ2v) is 5.36. The number of nitrogens with one attached hydrogen (secondary N) is 2. The molecular formula is C13H19N5OS. The quantitative estimate of drug-likeness (QED) is 0.817. The summed E-state index contributed by atoms with van der Waals surface area (Å²) in [5.41, 5.74) is 0. The molecule has 7 heteroatoms. The molecule has 0 saturated carbocycles. The molecule has 0 aliphatic rings. The molecule has 20 heavy (non-hydrogen) atoms. The predicted octanol–water partition coefficient (Wildman–Crippen LogP) is 2.42. The second-order valence-electron chi connectivity index (χ2n) is 4.33. The van der Waals surface area contributed by atoms with Gasteiger partial charge in [-0.3, -0.25) is 0 Å². The fourth-order valence-corrected chi connectivity index (χ4v) is 2.59. The van der Waals surface area contributed by atoms with Gasteiger partial charge in [-0.2, -0.15) is 15.0 Å². The first-order chi connectivity index (χ1) is 9.71. The van der Waals surface area contributed by atoms with E-state index in [4.69, 9.17) is 4.74 Å². The number of nitrogens with zero attached hydrogens (tertiary/aromatic N) is 3. The Kier molecular flexibility index (Phi) is 5.11. The molecule has 2 rings (SSSR count). The van der Waals surface area contributed by atoms with Crippen molar-refractivity contribution in [2.75, 3.05) is 24.3 Å². The SMILES string of the molecule is CCNc1nc(NC(C)Cc2cccs2)nc(OC)n1. The highest BCUT2D eigenvalue weighted by Crippen LogP contribution is 2.15. The molecule has 0 aliphatic heterocycles. The maximum atomic E-state index is 5.09. The van der Waals surface area contributed by atoms with Crippen LogP contribution in [0.5, 0.6) is 6.01 Å². The van der Waals surface area contributed by atoms with E-state index in [1.54, 1.807) is 18.4 Å². The summed E-state index contributed by atoms with van der Waals surface area (Å²) in [7, 11) is 1.55. The lowest BCUT2D eigenvalue weighted by atomic mass is 10.2. The Morgan fingerprint density at radius 2 is 2.10 bits per heavy atom. The van der Waals surface area contributed by atoms with E-state index in [-0.39, 0.29) is 6.04 Å². The van der Waals surface area contributed by atoms with Crippen molar-refractivity contribution >= 4 is 23.2 Å². The van der Waals surface area contributed by atoms with Gasteiger partial charge in [-0.1, -0.05) is 6.07 Å². The number of aromatic nitrogens is 3. The van der Waals surface area contributed by atoms with Crippen LogP contribution in [-0.2, 0) is 6.42 Å². The second kappa shape index (κ2) is 7.04. The first-order valence-corrected chi connectivity index (χ1v) is 7.42. The molecule has 108 valence electrons. The van der Waals surface area contributed by atoms with Crippen LogP contribution in [0.1, 0.15) is 18.7 Å². The summed E-state index contributed by atoms with van der Waals surface area (Å²) in [6.07, 6.45) is 0.933. The summed E-state index contributed by atoms with van der Waals surface area (Å²) in [6, 6.07) is 4.72.